The van der Waals surface area contributed by atoms with Gasteiger partial charge in [-0.05, 0) is 17.5 Å². The first-order valence-corrected chi connectivity index (χ1v) is 7.63. The fraction of sp³-hybridized carbons (Fsp3) is 0. The first-order valence-electron chi connectivity index (χ1n) is 4.78. The van der Waals surface area contributed by atoms with Crippen LogP contribution >= 0.6 is 0 Å². The lowest BCUT2D eigenvalue weighted by Crippen LogP contribution is -2.09. The van der Waals surface area contributed by atoms with Crippen molar-refractivity contribution < 1.29 is 25.6 Å². The number of hydrogen-bond donors (Lipinski definition) is 1. The molecule has 3 rings (SSSR count). The van der Waals surface area contributed by atoms with Gasteiger partial charge in [-0.25, -0.2) is 0 Å². The summed E-state index contributed by atoms with van der Waals surface area (Å²) in [6.45, 7) is 0. The molecule has 0 spiro atoms. The topological polar surface area (TPSA) is 97.7 Å². The van der Waals surface area contributed by atoms with Gasteiger partial charge in [-0.1, -0.05) is 18.2 Å². The Hall–Kier alpha value is -1.64. The molecule has 0 bridgehead atoms. The summed E-state index contributed by atoms with van der Waals surface area (Å²) in [5, 5.41) is 0.698. The largest absolute Gasteiger partial charge is 0.378 e. The molecule has 0 amide bonds. The SMILES string of the molecule is O=S(=O)(O)c1ccc2cccc3c2c1S(=O)(=O)O3. The first-order chi connectivity index (χ1) is 8.31. The van der Waals surface area contributed by atoms with Gasteiger partial charge in [0.25, 0.3) is 10.1 Å². The molecule has 2 aromatic carbocycles. The lowest BCUT2D eigenvalue weighted by Gasteiger charge is -2.02. The van der Waals surface area contributed by atoms with E-state index < -0.39 is 30.0 Å². The molecule has 8 heteroatoms. The quantitative estimate of drug-likeness (QED) is 0.624. The summed E-state index contributed by atoms with van der Waals surface area (Å²) in [5.41, 5.74) is 0. The van der Waals surface area contributed by atoms with Gasteiger partial charge in [0.2, 0.25) is 0 Å². The van der Waals surface area contributed by atoms with E-state index in [4.69, 9.17) is 8.74 Å². The monoisotopic (exact) mass is 286 g/mol. The Labute approximate surface area is 103 Å². The maximum absolute atomic E-state index is 11.8. The van der Waals surface area contributed by atoms with Gasteiger partial charge >= 0.3 is 10.1 Å². The van der Waals surface area contributed by atoms with E-state index in [1.54, 1.807) is 12.1 Å². The molecule has 1 aliphatic rings. The molecule has 0 saturated heterocycles. The molecule has 0 unspecified atom stereocenters. The van der Waals surface area contributed by atoms with Crippen LogP contribution in [0.1, 0.15) is 0 Å². The second kappa shape index (κ2) is 3.22. The predicted octanol–water partition coefficient (Wildman–Crippen LogP) is 1.17. The van der Waals surface area contributed by atoms with E-state index in [1.165, 1.54) is 12.1 Å². The van der Waals surface area contributed by atoms with Crippen LogP contribution in [0.4, 0.5) is 0 Å². The van der Waals surface area contributed by atoms with E-state index in [-0.39, 0.29) is 11.1 Å². The van der Waals surface area contributed by atoms with Crippen LogP contribution in [0.25, 0.3) is 10.8 Å². The number of hydrogen-bond acceptors (Lipinski definition) is 5. The fourth-order valence-corrected chi connectivity index (χ4v) is 4.41. The Kier molecular flexibility index (Phi) is 2.05. The first kappa shape index (κ1) is 11.5. The summed E-state index contributed by atoms with van der Waals surface area (Å²) < 4.78 is 59.8. The van der Waals surface area contributed by atoms with Gasteiger partial charge in [-0.3, -0.25) is 4.55 Å². The van der Waals surface area contributed by atoms with Crippen molar-refractivity contribution >= 4 is 31.0 Å². The molecule has 1 heterocycles. The lowest BCUT2D eigenvalue weighted by molar-refractivity contribution is 0.475. The van der Waals surface area contributed by atoms with Gasteiger partial charge in [0.05, 0.1) is 0 Å². The highest BCUT2D eigenvalue weighted by atomic mass is 32.2. The molecule has 0 fully saturated rings. The zero-order valence-corrected chi connectivity index (χ0v) is 10.3. The van der Waals surface area contributed by atoms with Crippen LogP contribution in [-0.4, -0.2) is 21.4 Å². The van der Waals surface area contributed by atoms with Gasteiger partial charge in [0.1, 0.15) is 9.79 Å². The molecular weight excluding hydrogens is 280 g/mol. The summed E-state index contributed by atoms with van der Waals surface area (Å²) in [7, 11) is -8.84. The highest BCUT2D eigenvalue weighted by Crippen LogP contribution is 2.42. The third-order valence-corrected chi connectivity index (χ3v) is 5.00. The molecule has 18 heavy (non-hydrogen) atoms. The molecule has 2 aromatic rings. The molecule has 1 N–H and O–H groups in total. The van der Waals surface area contributed by atoms with Crippen LogP contribution in [0.3, 0.4) is 0 Å². The highest BCUT2D eigenvalue weighted by molar-refractivity contribution is 7.90. The summed E-state index contributed by atoms with van der Waals surface area (Å²) in [6, 6.07) is 7.10. The van der Waals surface area contributed by atoms with E-state index in [9.17, 15) is 16.8 Å². The van der Waals surface area contributed by atoms with Crippen molar-refractivity contribution in [2.24, 2.45) is 0 Å². The average Bonchev–Trinajstić information content (AvgIpc) is 2.51. The van der Waals surface area contributed by atoms with Crippen molar-refractivity contribution in [1.29, 1.82) is 0 Å². The molecule has 0 aromatic heterocycles. The molecule has 0 saturated carbocycles. The van der Waals surface area contributed by atoms with Crippen LogP contribution in [0, 0.1) is 0 Å². The van der Waals surface area contributed by atoms with Crippen LogP contribution < -0.4 is 4.18 Å². The standard InChI is InChI=1S/C10H6O6S2/c11-17(12,13)8-5-4-6-2-1-3-7-9(6)10(8)18(14,15)16-7/h1-5H,(H,11,12,13). The van der Waals surface area contributed by atoms with Crippen LogP contribution in [-0.2, 0) is 20.2 Å². The molecule has 0 aliphatic carbocycles. The average molecular weight is 286 g/mol. The Morgan fingerprint density at radius 1 is 1.11 bits per heavy atom. The second-order valence-corrected chi connectivity index (χ2v) is 6.63. The van der Waals surface area contributed by atoms with Crippen molar-refractivity contribution in [3.05, 3.63) is 30.3 Å². The van der Waals surface area contributed by atoms with Crippen LogP contribution in [0.15, 0.2) is 40.1 Å². The Morgan fingerprint density at radius 3 is 2.50 bits per heavy atom. The maximum Gasteiger partial charge on any atom is 0.341 e. The van der Waals surface area contributed by atoms with Crippen LogP contribution in [0.2, 0.25) is 0 Å². The van der Waals surface area contributed by atoms with E-state index in [2.05, 4.69) is 0 Å². The minimum Gasteiger partial charge on any atom is -0.378 e. The Bertz CT molecular complexity index is 880. The fourth-order valence-electron chi connectivity index (χ4n) is 1.97. The van der Waals surface area contributed by atoms with Crippen molar-refractivity contribution in [2.45, 2.75) is 9.79 Å². The third kappa shape index (κ3) is 1.43. The summed E-state index contributed by atoms with van der Waals surface area (Å²) in [6.07, 6.45) is 0. The van der Waals surface area contributed by atoms with E-state index >= 15 is 0 Å². The summed E-state index contributed by atoms with van der Waals surface area (Å²) >= 11 is 0. The van der Waals surface area contributed by atoms with Crippen molar-refractivity contribution in [3.63, 3.8) is 0 Å². The molecular formula is C10H6O6S2. The number of rotatable bonds is 1. The smallest absolute Gasteiger partial charge is 0.341 e. The van der Waals surface area contributed by atoms with Crippen LogP contribution in [0.5, 0.6) is 5.75 Å². The molecule has 1 aliphatic heterocycles. The van der Waals surface area contributed by atoms with E-state index in [0.29, 0.717) is 5.39 Å². The van der Waals surface area contributed by atoms with E-state index in [1.807, 2.05) is 0 Å². The van der Waals surface area contributed by atoms with Gasteiger partial charge in [-0.2, -0.15) is 16.8 Å². The maximum atomic E-state index is 11.8. The molecule has 0 radical (unpaired) electrons. The van der Waals surface area contributed by atoms with Gasteiger partial charge < -0.3 is 4.18 Å². The third-order valence-electron chi connectivity index (χ3n) is 2.65. The minimum absolute atomic E-state index is 0.0630. The summed E-state index contributed by atoms with van der Waals surface area (Å²) in [5.74, 6) is 0.0630. The van der Waals surface area contributed by atoms with Gasteiger partial charge in [-0.15, -0.1) is 0 Å². The lowest BCUT2D eigenvalue weighted by atomic mass is 10.1. The summed E-state index contributed by atoms with van der Waals surface area (Å²) in [4.78, 5) is -1.17. The van der Waals surface area contributed by atoms with Gasteiger partial charge in [0.15, 0.2) is 5.75 Å². The second-order valence-electron chi connectivity index (χ2n) is 3.76. The Balaban J connectivity index is 2.63. The van der Waals surface area contributed by atoms with Crippen molar-refractivity contribution in [3.8, 4) is 5.75 Å². The Morgan fingerprint density at radius 2 is 1.83 bits per heavy atom. The normalized spacial score (nSPS) is 16.7. The molecule has 94 valence electrons. The zero-order valence-electron chi connectivity index (χ0n) is 8.69. The van der Waals surface area contributed by atoms with Crippen molar-refractivity contribution in [2.75, 3.05) is 0 Å². The van der Waals surface area contributed by atoms with E-state index in [0.717, 1.165) is 6.07 Å². The number of benzene rings is 2. The molecule has 0 atom stereocenters. The van der Waals surface area contributed by atoms with Crippen molar-refractivity contribution in [1.82, 2.24) is 0 Å². The highest BCUT2D eigenvalue weighted by Gasteiger charge is 2.36. The van der Waals surface area contributed by atoms with Gasteiger partial charge in [0, 0.05) is 5.39 Å². The minimum atomic E-state index is -4.63. The molecule has 6 nitrogen and oxygen atoms in total. The predicted molar refractivity (Wildman–Crippen MR) is 61.6 cm³/mol. The zero-order chi connectivity index (χ0) is 13.1.